The molecule has 3 nitrogen and oxygen atoms in total. The summed E-state index contributed by atoms with van der Waals surface area (Å²) in [5, 5.41) is 3.42. The SMILES string of the molecule is CC[C@H](c1cccc(Oc2ccccc2)c1)N1CCNCC1. The molecule has 0 amide bonds. The molecule has 3 rings (SSSR count). The van der Waals surface area contributed by atoms with Crippen LogP contribution in [0.4, 0.5) is 0 Å². The molecule has 0 aliphatic carbocycles. The van der Waals surface area contributed by atoms with Gasteiger partial charge < -0.3 is 10.1 Å². The van der Waals surface area contributed by atoms with Crippen molar-refractivity contribution in [1.82, 2.24) is 10.2 Å². The standard InChI is InChI=1S/C19H24N2O/c1-2-19(21-13-11-20-12-14-21)16-7-6-10-18(15-16)22-17-8-4-3-5-9-17/h3-10,15,19-20H,2,11-14H2,1H3/t19-/m1/s1. The third-order valence-electron chi connectivity index (χ3n) is 4.20. The summed E-state index contributed by atoms with van der Waals surface area (Å²) in [5.41, 5.74) is 1.35. The van der Waals surface area contributed by atoms with Crippen molar-refractivity contribution in [2.24, 2.45) is 0 Å². The molecule has 3 heteroatoms. The van der Waals surface area contributed by atoms with E-state index in [0.717, 1.165) is 44.1 Å². The van der Waals surface area contributed by atoms with E-state index in [4.69, 9.17) is 4.74 Å². The van der Waals surface area contributed by atoms with Crippen LogP contribution in [0.3, 0.4) is 0 Å². The maximum absolute atomic E-state index is 5.97. The fourth-order valence-corrected chi connectivity index (χ4v) is 3.11. The summed E-state index contributed by atoms with van der Waals surface area (Å²) in [6.45, 7) is 6.65. The van der Waals surface area contributed by atoms with Crippen LogP contribution in [0, 0.1) is 0 Å². The van der Waals surface area contributed by atoms with Crippen molar-refractivity contribution >= 4 is 0 Å². The van der Waals surface area contributed by atoms with Crippen LogP contribution in [-0.4, -0.2) is 31.1 Å². The third-order valence-corrected chi connectivity index (χ3v) is 4.20. The first-order valence-corrected chi connectivity index (χ1v) is 8.14. The molecule has 1 aliphatic heterocycles. The smallest absolute Gasteiger partial charge is 0.127 e. The minimum atomic E-state index is 0.474. The molecule has 22 heavy (non-hydrogen) atoms. The van der Waals surface area contributed by atoms with Gasteiger partial charge in [-0.25, -0.2) is 0 Å². The molecule has 1 aliphatic rings. The van der Waals surface area contributed by atoms with E-state index >= 15 is 0 Å². The molecule has 0 unspecified atom stereocenters. The van der Waals surface area contributed by atoms with E-state index in [1.54, 1.807) is 0 Å². The number of nitrogens with zero attached hydrogens (tertiary/aromatic N) is 1. The highest BCUT2D eigenvalue weighted by molar-refractivity contribution is 5.35. The van der Waals surface area contributed by atoms with E-state index in [9.17, 15) is 0 Å². The van der Waals surface area contributed by atoms with Crippen molar-refractivity contribution in [3.05, 3.63) is 60.2 Å². The van der Waals surface area contributed by atoms with Gasteiger partial charge in [0.15, 0.2) is 0 Å². The second-order valence-corrected chi connectivity index (χ2v) is 5.70. The van der Waals surface area contributed by atoms with E-state index in [0.29, 0.717) is 6.04 Å². The van der Waals surface area contributed by atoms with Crippen LogP contribution in [0.2, 0.25) is 0 Å². The molecule has 0 radical (unpaired) electrons. The Balaban J connectivity index is 1.77. The minimum absolute atomic E-state index is 0.474. The van der Waals surface area contributed by atoms with Gasteiger partial charge in [-0.2, -0.15) is 0 Å². The van der Waals surface area contributed by atoms with Gasteiger partial charge in [0.05, 0.1) is 0 Å². The Morgan fingerprint density at radius 3 is 2.45 bits per heavy atom. The zero-order chi connectivity index (χ0) is 15.2. The summed E-state index contributed by atoms with van der Waals surface area (Å²) in [6.07, 6.45) is 1.12. The number of hydrogen-bond donors (Lipinski definition) is 1. The Hall–Kier alpha value is -1.84. The van der Waals surface area contributed by atoms with Gasteiger partial charge in [-0.05, 0) is 36.2 Å². The maximum atomic E-state index is 5.97. The number of piperazine rings is 1. The van der Waals surface area contributed by atoms with E-state index < -0.39 is 0 Å². The van der Waals surface area contributed by atoms with Gasteiger partial charge >= 0.3 is 0 Å². The fourth-order valence-electron chi connectivity index (χ4n) is 3.11. The number of ether oxygens (including phenoxy) is 1. The van der Waals surface area contributed by atoms with Crippen molar-refractivity contribution in [1.29, 1.82) is 0 Å². The van der Waals surface area contributed by atoms with Crippen LogP contribution in [0.25, 0.3) is 0 Å². The monoisotopic (exact) mass is 296 g/mol. The first-order chi connectivity index (χ1) is 10.9. The lowest BCUT2D eigenvalue weighted by molar-refractivity contribution is 0.169. The fraction of sp³-hybridized carbons (Fsp3) is 0.368. The molecular formula is C19H24N2O. The second kappa shape index (κ2) is 7.43. The molecule has 2 aromatic carbocycles. The van der Waals surface area contributed by atoms with Gasteiger partial charge in [-0.3, -0.25) is 4.90 Å². The molecule has 2 aromatic rings. The summed E-state index contributed by atoms with van der Waals surface area (Å²) < 4.78 is 5.97. The average Bonchev–Trinajstić information content (AvgIpc) is 2.58. The molecular weight excluding hydrogens is 272 g/mol. The highest BCUT2D eigenvalue weighted by atomic mass is 16.5. The Kier molecular flexibility index (Phi) is 5.09. The van der Waals surface area contributed by atoms with Crippen LogP contribution in [0.1, 0.15) is 24.9 Å². The van der Waals surface area contributed by atoms with Crippen molar-refractivity contribution in [2.45, 2.75) is 19.4 Å². The molecule has 1 atom stereocenters. The quantitative estimate of drug-likeness (QED) is 0.907. The molecule has 0 saturated carbocycles. The van der Waals surface area contributed by atoms with E-state index in [1.165, 1.54) is 5.56 Å². The molecule has 1 fully saturated rings. The second-order valence-electron chi connectivity index (χ2n) is 5.70. The molecule has 1 N–H and O–H groups in total. The van der Waals surface area contributed by atoms with Crippen LogP contribution >= 0.6 is 0 Å². The summed E-state index contributed by atoms with van der Waals surface area (Å²) in [7, 11) is 0. The Bertz CT molecular complexity index is 579. The van der Waals surface area contributed by atoms with Crippen LogP contribution < -0.4 is 10.1 Å². The highest BCUT2D eigenvalue weighted by Crippen LogP contribution is 2.29. The predicted octanol–water partition coefficient (Wildman–Crippen LogP) is 3.84. The Morgan fingerprint density at radius 2 is 1.73 bits per heavy atom. The Morgan fingerprint density at radius 1 is 1.00 bits per heavy atom. The molecule has 0 aromatic heterocycles. The van der Waals surface area contributed by atoms with Crippen molar-refractivity contribution < 1.29 is 4.74 Å². The first kappa shape index (κ1) is 15.1. The molecule has 0 spiro atoms. The van der Waals surface area contributed by atoms with Crippen molar-refractivity contribution in [3.8, 4) is 11.5 Å². The maximum Gasteiger partial charge on any atom is 0.127 e. The van der Waals surface area contributed by atoms with Crippen molar-refractivity contribution in [2.75, 3.05) is 26.2 Å². The third kappa shape index (κ3) is 3.67. The number of hydrogen-bond acceptors (Lipinski definition) is 3. The lowest BCUT2D eigenvalue weighted by Gasteiger charge is -2.34. The summed E-state index contributed by atoms with van der Waals surface area (Å²) in [4.78, 5) is 2.57. The predicted molar refractivity (Wildman–Crippen MR) is 90.4 cm³/mol. The van der Waals surface area contributed by atoms with Crippen LogP contribution in [-0.2, 0) is 0 Å². The zero-order valence-electron chi connectivity index (χ0n) is 13.2. The van der Waals surface area contributed by atoms with E-state index in [1.807, 2.05) is 36.4 Å². The highest BCUT2D eigenvalue weighted by Gasteiger charge is 2.20. The minimum Gasteiger partial charge on any atom is -0.457 e. The van der Waals surface area contributed by atoms with E-state index in [-0.39, 0.29) is 0 Å². The number of para-hydroxylation sites is 1. The topological polar surface area (TPSA) is 24.5 Å². The van der Waals surface area contributed by atoms with Gasteiger partial charge in [0.1, 0.15) is 11.5 Å². The average molecular weight is 296 g/mol. The van der Waals surface area contributed by atoms with Crippen molar-refractivity contribution in [3.63, 3.8) is 0 Å². The van der Waals surface area contributed by atoms with Crippen LogP contribution in [0.15, 0.2) is 54.6 Å². The summed E-state index contributed by atoms with van der Waals surface area (Å²) in [6, 6.07) is 19.0. The largest absolute Gasteiger partial charge is 0.457 e. The van der Waals surface area contributed by atoms with Gasteiger partial charge in [0.2, 0.25) is 0 Å². The molecule has 1 heterocycles. The summed E-state index contributed by atoms with van der Waals surface area (Å²) >= 11 is 0. The lowest BCUT2D eigenvalue weighted by Crippen LogP contribution is -2.45. The molecule has 1 saturated heterocycles. The number of benzene rings is 2. The van der Waals surface area contributed by atoms with Gasteiger partial charge in [-0.15, -0.1) is 0 Å². The van der Waals surface area contributed by atoms with E-state index in [2.05, 4.69) is 35.3 Å². The van der Waals surface area contributed by atoms with Gasteiger partial charge in [0.25, 0.3) is 0 Å². The number of rotatable bonds is 5. The molecule has 116 valence electrons. The first-order valence-electron chi connectivity index (χ1n) is 8.14. The Labute approximate surface area is 132 Å². The lowest BCUT2D eigenvalue weighted by atomic mass is 10.0. The van der Waals surface area contributed by atoms with Gasteiger partial charge in [0, 0.05) is 32.2 Å². The van der Waals surface area contributed by atoms with Crippen LogP contribution in [0.5, 0.6) is 11.5 Å². The normalized spacial score (nSPS) is 17.1. The zero-order valence-corrected chi connectivity index (χ0v) is 13.2. The molecule has 0 bridgehead atoms. The number of nitrogens with one attached hydrogen (secondary N) is 1. The summed E-state index contributed by atoms with van der Waals surface area (Å²) in [5.74, 6) is 1.80. The van der Waals surface area contributed by atoms with Gasteiger partial charge in [-0.1, -0.05) is 37.3 Å².